The summed E-state index contributed by atoms with van der Waals surface area (Å²) in [5.74, 6) is 1.19. The van der Waals surface area contributed by atoms with Crippen LogP contribution >= 0.6 is 0 Å². The van der Waals surface area contributed by atoms with Crippen molar-refractivity contribution in [1.29, 1.82) is 0 Å². The highest BCUT2D eigenvalue weighted by Crippen LogP contribution is 2.28. The third-order valence-electron chi connectivity index (χ3n) is 3.57. The van der Waals surface area contributed by atoms with E-state index in [2.05, 4.69) is 11.3 Å². The van der Waals surface area contributed by atoms with E-state index in [-0.39, 0.29) is 4.90 Å². The molecule has 0 saturated carbocycles. The van der Waals surface area contributed by atoms with Gasteiger partial charge in [0, 0.05) is 6.21 Å². The van der Waals surface area contributed by atoms with Gasteiger partial charge in [0.25, 0.3) is 10.0 Å². The summed E-state index contributed by atoms with van der Waals surface area (Å²) in [7, 11) is -2.16. The molecule has 0 bridgehead atoms. The zero-order chi connectivity index (χ0) is 18.1. The molecule has 6 heteroatoms. The number of hydrogen-bond acceptors (Lipinski definition) is 4. The topological polar surface area (TPSA) is 65.0 Å². The van der Waals surface area contributed by atoms with Gasteiger partial charge < -0.3 is 9.47 Å². The Labute approximate surface area is 149 Å². The van der Waals surface area contributed by atoms with Gasteiger partial charge in [-0.3, -0.25) is 0 Å². The van der Waals surface area contributed by atoms with Crippen molar-refractivity contribution in [3.05, 3.63) is 54.1 Å². The Morgan fingerprint density at radius 1 is 1.04 bits per heavy atom. The fourth-order valence-corrected chi connectivity index (χ4v) is 3.08. The summed E-state index contributed by atoms with van der Waals surface area (Å²) in [6.45, 7) is 2.76. The number of hydrogen-bond donors (Lipinski definition) is 0. The van der Waals surface area contributed by atoms with Crippen LogP contribution in [0.3, 0.4) is 0 Å². The van der Waals surface area contributed by atoms with E-state index in [1.54, 1.807) is 43.5 Å². The molecule has 0 aromatic heterocycles. The summed E-state index contributed by atoms with van der Waals surface area (Å²) in [6, 6.07) is 13.3. The van der Waals surface area contributed by atoms with E-state index in [1.807, 2.05) is 0 Å². The lowest BCUT2D eigenvalue weighted by molar-refractivity contribution is 0.286. The molecule has 0 saturated heterocycles. The molecular weight excluding hydrogens is 338 g/mol. The molecule has 0 aliphatic rings. The highest BCUT2D eigenvalue weighted by Gasteiger charge is 2.11. The van der Waals surface area contributed by atoms with Gasteiger partial charge in [-0.25, -0.2) is 0 Å². The molecule has 0 unspecified atom stereocenters. The van der Waals surface area contributed by atoms with E-state index in [4.69, 9.17) is 9.47 Å². The molecule has 5 nitrogen and oxygen atoms in total. The van der Waals surface area contributed by atoms with E-state index < -0.39 is 10.0 Å². The molecule has 134 valence electrons. The Bertz CT molecular complexity index is 801. The first-order valence-corrected chi connectivity index (χ1v) is 9.67. The Kier molecular flexibility index (Phi) is 7.01. The van der Waals surface area contributed by atoms with Crippen LogP contribution in [0.2, 0.25) is 0 Å². The lowest BCUT2D eigenvalue weighted by Gasteiger charge is -2.11. The molecule has 2 aromatic rings. The van der Waals surface area contributed by atoms with Crippen LogP contribution in [0.25, 0.3) is 0 Å². The molecule has 0 amide bonds. The van der Waals surface area contributed by atoms with Gasteiger partial charge in [-0.05, 0) is 42.3 Å². The van der Waals surface area contributed by atoms with Gasteiger partial charge in [-0.2, -0.15) is 12.8 Å². The van der Waals surface area contributed by atoms with Crippen LogP contribution < -0.4 is 9.47 Å². The van der Waals surface area contributed by atoms with Gasteiger partial charge in [0.2, 0.25) is 0 Å². The normalized spacial score (nSPS) is 11.6. The van der Waals surface area contributed by atoms with Crippen LogP contribution in [0.4, 0.5) is 0 Å². The summed E-state index contributed by atoms with van der Waals surface area (Å²) in [6.07, 6.45) is 4.54. The van der Waals surface area contributed by atoms with Gasteiger partial charge in [0.15, 0.2) is 11.5 Å². The van der Waals surface area contributed by atoms with Crippen LogP contribution in [0.5, 0.6) is 11.5 Å². The number of methoxy groups -OCH3 is 1. The molecule has 2 aromatic carbocycles. The van der Waals surface area contributed by atoms with Gasteiger partial charge in [0.1, 0.15) is 0 Å². The minimum atomic E-state index is -3.71. The number of unbranched alkanes of at least 4 members (excludes halogenated alkanes) is 2. The number of benzene rings is 2. The van der Waals surface area contributed by atoms with E-state index in [1.165, 1.54) is 18.3 Å². The minimum absolute atomic E-state index is 0.161. The molecule has 0 N–H and O–H groups in total. The largest absolute Gasteiger partial charge is 0.493 e. The van der Waals surface area contributed by atoms with Crippen molar-refractivity contribution in [3.8, 4) is 11.5 Å². The summed E-state index contributed by atoms with van der Waals surface area (Å²) in [5.41, 5.74) is 0.622. The molecule has 0 fully saturated rings. The molecule has 0 aliphatic heterocycles. The second kappa shape index (κ2) is 9.22. The first-order chi connectivity index (χ1) is 12.1. The number of nitrogens with zero attached hydrogens (tertiary/aromatic N) is 1. The standard InChI is InChI=1S/C19H23NO4S/c1-3-4-8-13-24-18-12-11-16(14-19(18)23-2)15-20-25(21,22)17-9-6-5-7-10-17/h5-7,9-12,14-15H,3-4,8,13H2,1-2H3/b20-15-. The van der Waals surface area contributed by atoms with Crippen molar-refractivity contribution in [2.45, 2.75) is 31.1 Å². The molecule has 0 heterocycles. The van der Waals surface area contributed by atoms with Crippen LogP contribution in [-0.2, 0) is 10.0 Å². The van der Waals surface area contributed by atoms with E-state index in [9.17, 15) is 8.42 Å². The quantitative estimate of drug-likeness (QED) is 0.499. The fraction of sp³-hybridized carbons (Fsp3) is 0.316. The van der Waals surface area contributed by atoms with Crippen molar-refractivity contribution >= 4 is 16.2 Å². The first kappa shape index (κ1) is 19.0. The SMILES string of the molecule is CCCCCOc1ccc(/C=N\S(=O)(=O)c2ccccc2)cc1OC. The Hall–Kier alpha value is -2.34. The summed E-state index contributed by atoms with van der Waals surface area (Å²) in [4.78, 5) is 0.161. The number of sulfonamides is 1. The molecule has 0 aliphatic carbocycles. The third-order valence-corrected chi connectivity index (χ3v) is 4.83. The zero-order valence-electron chi connectivity index (χ0n) is 14.5. The molecule has 25 heavy (non-hydrogen) atoms. The smallest absolute Gasteiger partial charge is 0.282 e. The van der Waals surface area contributed by atoms with Crippen molar-refractivity contribution in [1.82, 2.24) is 0 Å². The van der Waals surface area contributed by atoms with E-state index >= 15 is 0 Å². The lowest BCUT2D eigenvalue weighted by Crippen LogP contribution is -2.00. The predicted octanol–water partition coefficient (Wildman–Crippen LogP) is 4.07. The number of rotatable bonds is 9. The van der Waals surface area contributed by atoms with Crippen molar-refractivity contribution in [3.63, 3.8) is 0 Å². The van der Waals surface area contributed by atoms with Crippen molar-refractivity contribution in [2.24, 2.45) is 4.40 Å². The minimum Gasteiger partial charge on any atom is -0.493 e. The maximum atomic E-state index is 12.2. The molecule has 0 atom stereocenters. The second-order valence-corrected chi connectivity index (χ2v) is 7.12. The summed E-state index contributed by atoms with van der Waals surface area (Å²) in [5, 5.41) is 0. The van der Waals surface area contributed by atoms with Gasteiger partial charge >= 0.3 is 0 Å². The highest BCUT2D eigenvalue weighted by atomic mass is 32.2. The summed E-state index contributed by atoms with van der Waals surface area (Å²) < 4.78 is 39.1. The highest BCUT2D eigenvalue weighted by molar-refractivity contribution is 7.90. The number of ether oxygens (including phenoxy) is 2. The van der Waals surface area contributed by atoms with E-state index in [0.717, 1.165) is 19.3 Å². The Balaban J connectivity index is 2.12. The molecule has 2 rings (SSSR count). The van der Waals surface area contributed by atoms with Crippen molar-refractivity contribution in [2.75, 3.05) is 13.7 Å². The third kappa shape index (κ3) is 5.60. The van der Waals surface area contributed by atoms with Gasteiger partial charge in [0.05, 0.1) is 18.6 Å². The summed E-state index contributed by atoms with van der Waals surface area (Å²) >= 11 is 0. The second-order valence-electron chi connectivity index (χ2n) is 5.49. The van der Waals surface area contributed by atoms with E-state index in [0.29, 0.717) is 23.7 Å². The van der Waals surface area contributed by atoms with Gasteiger partial charge in [-0.15, -0.1) is 0 Å². The maximum absolute atomic E-state index is 12.2. The maximum Gasteiger partial charge on any atom is 0.282 e. The Morgan fingerprint density at radius 3 is 2.48 bits per heavy atom. The van der Waals surface area contributed by atoms with Crippen LogP contribution in [0.15, 0.2) is 57.8 Å². The van der Waals surface area contributed by atoms with Crippen LogP contribution in [0.1, 0.15) is 31.7 Å². The van der Waals surface area contributed by atoms with Crippen molar-refractivity contribution < 1.29 is 17.9 Å². The predicted molar refractivity (Wildman–Crippen MR) is 99.2 cm³/mol. The average molecular weight is 361 g/mol. The lowest BCUT2D eigenvalue weighted by atomic mass is 10.2. The van der Waals surface area contributed by atoms with Crippen LogP contribution in [0, 0.1) is 0 Å². The monoisotopic (exact) mass is 361 g/mol. The average Bonchev–Trinajstić information content (AvgIpc) is 2.65. The van der Waals surface area contributed by atoms with Crippen LogP contribution in [-0.4, -0.2) is 28.3 Å². The molecule has 0 spiro atoms. The zero-order valence-corrected chi connectivity index (χ0v) is 15.3. The fourth-order valence-electron chi connectivity index (χ4n) is 2.20. The van der Waals surface area contributed by atoms with Gasteiger partial charge in [-0.1, -0.05) is 38.0 Å². The first-order valence-electron chi connectivity index (χ1n) is 8.23. The molecule has 0 radical (unpaired) electrons. The Morgan fingerprint density at radius 2 is 1.80 bits per heavy atom. The molecular formula is C19H23NO4S.